The number of aryl methyl sites for hydroxylation is 1. The van der Waals surface area contributed by atoms with Gasteiger partial charge in [-0.15, -0.1) is 0 Å². The fourth-order valence-electron chi connectivity index (χ4n) is 2.54. The summed E-state index contributed by atoms with van der Waals surface area (Å²) in [6, 6.07) is 3.90. The van der Waals surface area contributed by atoms with Crippen molar-refractivity contribution in [2.75, 3.05) is 12.4 Å². The minimum Gasteiger partial charge on any atom is -0.314 e. The van der Waals surface area contributed by atoms with Gasteiger partial charge in [0.2, 0.25) is 5.95 Å². The minimum atomic E-state index is -0.215. The number of nitrogens with zero attached hydrogens (tertiary/aromatic N) is 4. The quantitative estimate of drug-likeness (QED) is 0.805. The van der Waals surface area contributed by atoms with E-state index in [1.165, 1.54) is 35.1 Å². The van der Waals surface area contributed by atoms with Crippen molar-refractivity contribution >= 4 is 23.9 Å². The van der Waals surface area contributed by atoms with Crippen LogP contribution in [0.1, 0.15) is 54.6 Å². The molecule has 0 spiro atoms. The molecule has 1 amide bonds. The van der Waals surface area contributed by atoms with Crippen LogP contribution in [0.4, 0.5) is 5.95 Å². The molecule has 7 nitrogen and oxygen atoms in total. The Morgan fingerprint density at radius 1 is 1.46 bits per heavy atom. The zero-order valence-electron chi connectivity index (χ0n) is 13.4. The highest BCUT2D eigenvalue weighted by Crippen LogP contribution is 2.45. The minimum absolute atomic E-state index is 0. The highest BCUT2D eigenvalue weighted by Gasteiger charge is 2.28. The summed E-state index contributed by atoms with van der Waals surface area (Å²) in [6.07, 6.45) is 2.40. The van der Waals surface area contributed by atoms with Gasteiger partial charge in [-0.1, -0.05) is 18.6 Å². The van der Waals surface area contributed by atoms with Crippen molar-refractivity contribution in [3.8, 4) is 0 Å². The van der Waals surface area contributed by atoms with Crippen LogP contribution < -0.4 is 5.32 Å². The van der Waals surface area contributed by atoms with E-state index in [0.29, 0.717) is 24.0 Å². The van der Waals surface area contributed by atoms with Crippen molar-refractivity contribution < 1.29 is 8.98 Å². The fourth-order valence-corrected chi connectivity index (χ4v) is 3.28. The normalized spacial score (nSPS) is 13.5. The maximum Gasteiger partial charge on any atom is 0.258 e. The number of amides is 1. The fraction of sp³-hybridized carbons (Fsp3) is 0.500. The number of carbonyl (C=O) groups is 1. The summed E-state index contributed by atoms with van der Waals surface area (Å²) in [5.41, 5.74) is 2.80. The first-order valence-corrected chi connectivity index (χ1v) is 8.31. The van der Waals surface area contributed by atoms with Gasteiger partial charge in [0.25, 0.3) is 5.91 Å². The summed E-state index contributed by atoms with van der Waals surface area (Å²) in [7, 11) is 1.64. The average Bonchev–Trinajstić information content (AvgIpc) is 3.29. The predicted octanol–water partition coefficient (Wildman–Crippen LogP) is 3.42. The summed E-state index contributed by atoms with van der Waals surface area (Å²) in [4.78, 5) is 13.6. The molecule has 0 atom stereocenters. The van der Waals surface area contributed by atoms with Crippen LogP contribution in [0.15, 0.2) is 17.0 Å². The topological polar surface area (TPSA) is 81.9 Å². The molecule has 1 aromatic carbocycles. The van der Waals surface area contributed by atoms with Gasteiger partial charge in [0.05, 0.1) is 7.11 Å². The Balaban J connectivity index is 0.00000208. The molecule has 3 rings (SSSR count). The van der Waals surface area contributed by atoms with Crippen molar-refractivity contribution in [1.82, 2.24) is 20.2 Å². The molecule has 130 valence electrons. The lowest BCUT2D eigenvalue weighted by Crippen LogP contribution is -2.18. The summed E-state index contributed by atoms with van der Waals surface area (Å²) in [5.74, 6) is 0.729. The molecule has 0 radical (unpaired) electrons. The lowest BCUT2D eigenvalue weighted by Gasteiger charge is -2.14. The average molecular weight is 349 g/mol. The van der Waals surface area contributed by atoms with Crippen LogP contribution >= 0.6 is 12.0 Å². The molecule has 2 aromatic rings. The zero-order chi connectivity index (χ0) is 16.4. The van der Waals surface area contributed by atoms with Crippen LogP contribution in [-0.4, -0.2) is 33.2 Å². The third kappa shape index (κ3) is 3.59. The van der Waals surface area contributed by atoms with Crippen LogP contribution in [0.3, 0.4) is 0 Å². The molecule has 1 aliphatic rings. The molecular weight excluding hydrogens is 326 g/mol. The Hall–Kier alpha value is -1.93. The molecule has 1 N–H and O–H groups in total. The van der Waals surface area contributed by atoms with E-state index in [4.69, 9.17) is 4.18 Å². The number of aromatic nitrogens is 4. The summed E-state index contributed by atoms with van der Waals surface area (Å²) >= 11 is 1.32. The van der Waals surface area contributed by atoms with E-state index in [-0.39, 0.29) is 13.3 Å². The standard InChI is InChI=1S/C15H19N5O2S.CH4/c1-4-20-15(17-18-19-20)16-14(21)11-7-8-12(10-5-6-10)13(9(11)2)23-22-3;/h7-8,10H,4-6H2,1-3H3,(H,16,17,19,21);1H4. The number of rotatable bonds is 6. The van der Waals surface area contributed by atoms with Gasteiger partial charge in [-0.3, -0.25) is 10.1 Å². The number of anilines is 1. The van der Waals surface area contributed by atoms with Crippen molar-refractivity contribution in [1.29, 1.82) is 0 Å². The van der Waals surface area contributed by atoms with Gasteiger partial charge in [0.15, 0.2) is 0 Å². The lowest BCUT2D eigenvalue weighted by molar-refractivity contribution is 0.102. The third-order valence-electron chi connectivity index (χ3n) is 3.92. The smallest absolute Gasteiger partial charge is 0.258 e. The summed E-state index contributed by atoms with van der Waals surface area (Å²) < 4.78 is 6.79. The van der Waals surface area contributed by atoms with E-state index in [1.807, 2.05) is 26.0 Å². The van der Waals surface area contributed by atoms with E-state index >= 15 is 0 Å². The van der Waals surface area contributed by atoms with E-state index in [1.54, 1.807) is 7.11 Å². The van der Waals surface area contributed by atoms with Crippen molar-refractivity contribution in [2.45, 2.75) is 51.5 Å². The Labute approximate surface area is 146 Å². The molecule has 1 aliphatic carbocycles. The first kappa shape index (κ1) is 18.4. The Bertz CT molecular complexity index is 727. The number of nitrogens with one attached hydrogen (secondary N) is 1. The number of benzene rings is 1. The Morgan fingerprint density at radius 2 is 2.21 bits per heavy atom. The molecule has 24 heavy (non-hydrogen) atoms. The van der Waals surface area contributed by atoms with Crippen LogP contribution in [-0.2, 0) is 10.7 Å². The van der Waals surface area contributed by atoms with Crippen molar-refractivity contribution in [2.24, 2.45) is 0 Å². The second-order valence-corrected chi connectivity index (χ2v) is 6.36. The maximum atomic E-state index is 12.6. The summed E-state index contributed by atoms with van der Waals surface area (Å²) in [5, 5.41) is 14.0. The molecule has 0 unspecified atom stereocenters. The van der Waals surface area contributed by atoms with E-state index in [2.05, 4.69) is 20.8 Å². The van der Waals surface area contributed by atoms with Gasteiger partial charge in [0.1, 0.15) is 0 Å². The summed E-state index contributed by atoms with van der Waals surface area (Å²) in [6.45, 7) is 4.45. The van der Waals surface area contributed by atoms with Gasteiger partial charge in [-0.25, -0.2) is 4.68 Å². The Kier molecular flexibility index (Phi) is 5.95. The zero-order valence-corrected chi connectivity index (χ0v) is 14.2. The van der Waals surface area contributed by atoms with E-state index in [0.717, 1.165) is 10.5 Å². The molecule has 1 fully saturated rings. The van der Waals surface area contributed by atoms with E-state index < -0.39 is 0 Å². The molecule has 0 saturated heterocycles. The second-order valence-electron chi connectivity index (χ2n) is 5.45. The molecule has 1 heterocycles. The molecule has 8 heteroatoms. The van der Waals surface area contributed by atoms with Gasteiger partial charge >= 0.3 is 0 Å². The number of carbonyl (C=O) groups excluding carboxylic acids is 1. The van der Waals surface area contributed by atoms with Gasteiger partial charge < -0.3 is 4.18 Å². The third-order valence-corrected chi connectivity index (χ3v) is 4.80. The van der Waals surface area contributed by atoms with Crippen LogP contribution in [0.5, 0.6) is 0 Å². The highest BCUT2D eigenvalue weighted by atomic mass is 32.2. The highest BCUT2D eigenvalue weighted by molar-refractivity contribution is 7.94. The van der Waals surface area contributed by atoms with Crippen LogP contribution in [0.2, 0.25) is 0 Å². The number of hydrogen-bond donors (Lipinski definition) is 1. The van der Waals surface area contributed by atoms with Crippen molar-refractivity contribution in [3.05, 3.63) is 28.8 Å². The van der Waals surface area contributed by atoms with Crippen LogP contribution in [0.25, 0.3) is 0 Å². The SMILES string of the molecule is C.CCn1nnnc1NC(=O)c1ccc(C2CC2)c(SOC)c1C. The number of hydrogen-bond acceptors (Lipinski definition) is 6. The Morgan fingerprint density at radius 3 is 2.83 bits per heavy atom. The van der Waals surface area contributed by atoms with E-state index in [9.17, 15) is 4.79 Å². The first-order chi connectivity index (χ1) is 11.2. The largest absolute Gasteiger partial charge is 0.314 e. The second kappa shape index (κ2) is 7.76. The van der Waals surface area contributed by atoms with Crippen molar-refractivity contribution in [3.63, 3.8) is 0 Å². The molecular formula is C16H23N5O2S. The molecule has 0 bridgehead atoms. The van der Waals surface area contributed by atoms with Crippen LogP contribution in [0, 0.1) is 6.92 Å². The van der Waals surface area contributed by atoms with Gasteiger partial charge in [-0.05, 0) is 60.2 Å². The lowest BCUT2D eigenvalue weighted by atomic mass is 10.0. The number of tetrazole rings is 1. The maximum absolute atomic E-state index is 12.6. The molecule has 0 aliphatic heterocycles. The molecule has 1 aromatic heterocycles. The van der Waals surface area contributed by atoms with Gasteiger partial charge in [0, 0.05) is 29.0 Å². The molecule has 1 saturated carbocycles. The first-order valence-electron chi connectivity index (χ1n) is 7.57. The predicted molar refractivity (Wildman–Crippen MR) is 94.2 cm³/mol. The monoisotopic (exact) mass is 349 g/mol. The van der Waals surface area contributed by atoms with Gasteiger partial charge in [-0.2, -0.15) is 0 Å².